The quantitative estimate of drug-likeness (QED) is 0.587. The van der Waals surface area contributed by atoms with Crippen molar-refractivity contribution < 1.29 is 8.42 Å². The van der Waals surface area contributed by atoms with Crippen molar-refractivity contribution in [2.75, 3.05) is 19.3 Å². The van der Waals surface area contributed by atoms with E-state index in [1.54, 1.807) is 4.31 Å². The zero-order valence-corrected chi connectivity index (χ0v) is 11.8. The second-order valence-electron chi connectivity index (χ2n) is 5.21. The van der Waals surface area contributed by atoms with Gasteiger partial charge >= 0.3 is 0 Å². The first kappa shape index (κ1) is 13.4. The summed E-state index contributed by atoms with van der Waals surface area (Å²) >= 11 is 6.04. The molecule has 2 unspecified atom stereocenters. The minimum absolute atomic E-state index is 0.194. The van der Waals surface area contributed by atoms with Gasteiger partial charge in [0.25, 0.3) is 0 Å². The van der Waals surface area contributed by atoms with Crippen LogP contribution in [-0.2, 0) is 10.0 Å². The summed E-state index contributed by atoms with van der Waals surface area (Å²) in [6, 6.07) is 0. The molecule has 5 heteroatoms. The highest BCUT2D eigenvalue weighted by atomic mass is 35.5. The van der Waals surface area contributed by atoms with Crippen LogP contribution in [0, 0.1) is 5.92 Å². The molecule has 17 heavy (non-hydrogen) atoms. The normalized spacial score (nSPS) is 31.5. The first-order chi connectivity index (χ1) is 7.95. The van der Waals surface area contributed by atoms with E-state index < -0.39 is 10.0 Å². The topological polar surface area (TPSA) is 37.4 Å². The van der Waals surface area contributed by atoms with Gasteiger partial charge in [0.05, 0.1) is 11.6 Å². The van der Waals surface area contributed by atoms with Crippen LogP contribution in [0.3, 0.4) is 0 Å². The van der Waals surface area contributed by atoms with Crippen LogP contribution in [0.15, 0.2) is 11.6 Å². The maximum atomic E-state index is 11.5. The zero-order valence-electron chi connectivity index (χ0n) is 10.2. The summed E-state index contributed by atoms with van der Waals surface area (Å²) in [6.45, 7) is 1.37. The molecule has 0 spiro atoms. The Morgan fingerprint density at radius 2 is 2.24 bits per heavy atom. The van der Waals surface area contributed by atoms with E-state index in [2.05, 4.69) is 6.08 Å². The van der Waals surface area contributed by atoms with Crippen LogP contribution in [0.4, 0.5) is 0 Å². The van der Waals surface area contributed by atoms with Gasteiger partial charge in [0.1, 0.15) is 0 Å². The molecule has 1 aliphatic carbocycles. The van der Waals surface area contributed by atoms with Gasteiger partial charge in [-0.3, -0.25) is 0 Å². The Balaban J connectivity index is 1.92. The fraction of sp³-hybridized carbons (Fsp3) is 0.833. The van der Waals surface area contributed by atoms with E-state index in [0.717, 1.165) is 32.1 Å². The molecule has 1 heterocycles. The average Bonchev–Trinajstić information content (AvgIpc) is 2.63. The SMILES string of the molecule is CS(=O)(=O)N1CCCC(CC2=CC(Cl)CC2)C1. The van der Waals surface area contributed by atoms with Crippen LogP contribution in [0.5, 0.6) is 0 Å². The van der Waals surface area contributed by atoms with Crippen LogP contribution in [0.1, 0.15) is 32.1 Å². The maximum absolute atomic E-state index is 11.5. The van der Waals surface area contributed by atoms with Crippen molar-refractivity contribution in [3.63, 3.8) is 0 Å². The van der Waals surface area contributed by atoms with E-state index in [9.17, 15) is 8.42 Å². The lowest BCUT2D eigenvalue weighted by molar-refractivity contribution is 0.266. The predicted octanol–water partition coefficient (Wildman–Crippen LogP) is 2.38. The van der Waals surface area contributed by atoms with Gasteiger partial charge in [-0.05, 0) is 38.0 Å². The number of hydrogen-bond donors (Lipinski definition) is 0. The van der Waals surface area contributed by atoms with E-state index >= 15 is 0 Å². The number of halogens is 1. The fourth-order valence-electron chi connectivity index (χ4n) is 2.78. The number of rotatable bonds is 3. The Kier molecular flexibility index (Phi) is 4.16. The van der Waals surface area contributed by atoms with Gasteiger partial charge in [-0.2, -0.15) is 0 Å². The first-order valence-electron chi connectivity index (χ1n) is 6.24. The lowest BCUT2D eigenvalue weighted by atomic mass is 9.92. The van der Waals surface area contributed by atoms with Crippen molar-refractivity contribution in [3.05, 3.63) is 11.6 Å². The Bertz CT molecular complexity index is 405. The molecule has 1 saturated heterocycles. The molecule has 1 aliphatic heterocycles. The lowest BCUT2D eigenvalue weighted by Gasteiger charge is -2.31. The van der Waals surface area contributed by atoms with Gasteiger partial charge in [-0.25, -0.2) is 12.7 Å². The van der Waals surface area contributed by atoms with Crippen LogP contribution < -0.4 is 0 Å². The van der Waals surface area contributed by atoms with Crippen molar-refractivity contribution in [1.29, 1.82) is 0 Å². The van der Waals surface area contributed by atoms with E-state index in [4.69, 9.17) is 11.6 Å². The molecule has 0 aromatic carbocycles. The molecule has 98 valence electrons. The first-order valence-corrected chi connectivity index (χ1v) is 8.52. The second kappa shape index (κ2) is 5.29. The van der Waals surface area contributed by atoms with Gasteiger partial charge in [0.2, 0.25) is 10.0 Å². The van der Waals surface area contributed by atoms with Gasteiger partial charge in [-0.1, -0.05) is 11.6 Å². The molecule has 0 radical (unpaired) electrons. The van der Waals surface area contributed by atoms with E-state index in [1.165, 1.54) is 11.8 Å². The highest BCUT2D eigenvalue weighted by Gasteiger charge is 2.27. The largest absolute Gasteiger partial charge is 0.213 e. The highest BCUT2D eigenvalue weighted by molar-refractivity contribution is 7.88. The molecule has 0 aromatic rings. The molecule has 0 saturated carbocycles. The molecule has 1 fully saturated rings. The van der Waals surface area contributed by atoms with E-state index in [0.29, 0.717) is 19.0 Å². The molecular formula is C12H20ClNO2S. The molecule has 2 aliphatic rings. The van der Waals surface area contributed by atoms with Crippen molar-refractivity contribution >= 4 is 21.6 Å². The molecule has 2 rings (SSSR count). The fourth-order valence-corrected chi connectivity index (χ4v) is 4.01. The third-order valence-electron chi connectivity index (χ3n) is 3.66. The number of hydrogen-bond acceptors (Lipinski definition) is 2. The summed E-state index contributed by atoms with van der Waals surface area (Å²) in [5, 5.41) is 0.194. The summed E-state index contributed by atoms with van der Waals surface area (Å²) in [4.78, 5) is 0. The number of allylic oxidation sites excluding steroid dienone is 2. The van der Waals surface area contributed by atoms with E-state index in [-0.39, 0.29) is 5.38 Å². The zero-order chi connectivity index (χ0) is 12.5. The summed E-state index contributed by atoms with van der Waals surface area (Å²) in [5.41, 5.74) is 1.42. The molecule has 0 aromatic heterocycles. The minimum Gasteiger partial charge on any atom is -0.213 e. The van der Waals surface area contributed by atoms with Crippen LogP contribution in [0.25, 0.3) is 0 Å². The molecular weight excluding hydrogens is 258 g/mol. The number of nitrogens with zero attached hydrogens (tertiary/aromatic N) is 1. The highest BCUT2D eigenvalue weighted by Crippen LogP contribution is 2.31. The third-order valence-corrected chi connectivity index (χ3v) is 5.27. The Hall–Kier alpha value is -0.0600. The molecule has 0 amide bonds. The second-order valence-corrected chi connectivity index (χ2v) is 7.76. The molecule has 2 atom stereocenters. The molecule has 0 N–H and O–H groups in total. The smallest absolute Gasteiger partial charge is 0.211 e. The van der Waals surface area contributed by atoms with Crippen molar-refractivity contribution in [2.45, 2.75) is 37.5 Å². The minimum atomic E-state index is -3.02. The van der Waals surface area contributed by atoms with Crippen LogP contribution in [0.2, 0.25) is 0 Å². The standard InChI is InChI=1S/C12H20ClNO2S/c1-17(15,16)14-6-2-3-11(9-14)7-10-4-5-12(13)8-10/h8,11-12H,2-7,9H2,1H3. The summed E-state index contributed by atoms with van der Waals surface area (Å²) < 4.78 is 24.6. The van der Waals surface area contributed by atoms with E-state index in [1.807, 2.05) is 0 Å². The number of sulfonamides is 1. The van der Waals surface area contributed by atoms with Gasteiger partial charge in [0, 0.05) is 13.1 Å². The number of piperidine rings is 1. The van der Waals surface area contributed by atoms with Crippen molar-refractivity contribution in [2.24, 2.45) is 5.92 Å². The monoisotopic (exact) mass is 277 g/mol. The summed E-state index contributed by atoms with van der Waals surface area (Å²) in [6.07, 6.45) is 8.73. The third kappa shape index (κ3) is 3.70. The van der Waals surface area contributed by atoms with Gasteiger partial charge < -0.3 is 0 Å². The Labute approximate surface area is 109 Å². The molecule has 0 bridgehead atoms. The summed E-state index contributed by atoms with van der Waals surface area (Å²) in [7, 11) is -3.02. The maximum Gasteiger partial charge on any atom is 0.211 e. The van der Waals surface area contributed by atoms with Crippen LogP contribution >= 0.6 is 11.6 Å². The van der Waals surface area contributed by atoms with Crippen LogP contribution in [-0.4, -0.2) is 37.4 Å². The van der Waals surface area contributed by atoms with Crippen molar-refractivity contribution in [1.82, 2.24) is 4.31 Å². The Morgan fingerprint density at radius 3 is 2.82 bits per heavy atom. The summed E-state index contributed by atoms with van der Waals surface area (Å²) in [5.74, 6) is 0.478. The average molecular weight is 278 g/mol. The Morgan fingerprint density at radius 1 is 1.47 bits per heavy atom. The lowest BCUT2D eigenvalue weighted by Crippen LogP contribution is -2.39. The predicted molar refractivity (Wildman–Crippen MR) is 70.7 cm³/mol. The van der Waals surface area contributed by atoms with Crippen molar-refractivity contribution in [3.8, 4) is 0 Å². The molecule has 3 nitrogen and oxygen atoms in total. The van der Waals surface area contributed by atoms with Gasteiger partial charge in [0.15, 0.2) is 0 Å². The van der Waals surface area contributed by atoms with Gasteiger partial charge in [-0.15, -0.1) is 11.6 Å². The number of alkyl halides is 1.